The van der Waals surface area contributed by atoms with Crippen molar-refractivity contribution in [2.24, 2.45) is 0 Å². The van der Waals surface area contributed by atoms with Crippen molar-refractivity contribution in [3.05, 3.63) is 24.3 Å². The van der Waals surface area contributed by atoms with Crippen molar-refractivity contribution in [2.75, 3.05) is 42.6 Å². The van der Waals surface area contributed by atoms with Crippen molar-refractivity contribution < 1.29 is 23.5 Å². The first-order valence-corrected chi connectivity index (χ1v) is 7.86. The predicted octanol–water partition coefficient (Wildman–Crippen LogP) is 1.28. The number of cyclic esters (lactones) is 1. The number of morpholine rings is 1. The highest BCUT2D eigenvalue weighted by Crippen LogP contribution is 2.34. The van der Waals surface area contributed by atoms with Crippen LogP contribution in [0.3, 0.4) is 0 Å². The van der Waals surface area contributed by atoms with Gasteiger partial charge in [-0.1, -0.05) is 12.1 Å². The summed E-state index contributed by atoms with van der Waals surface area (Å²) in [5, 5.41) is 2.64. The number of carbonyl (C=O) groups excluding carboxylic acids is 2. The van der Waals surface area contributed by atoms with Crippen LogP contribution in [0, 0.1) is 0 Å². The predicted molar refractivity (Wildman–Crippen MR) is 85.8 cm³/mol. The van der Waals surface area contributed by atoms with E-state index in [-0.39, 0.29) is 19.1 Å². The average Bonchev–Trinajstić information content (AvgIpc) is 2.94. The molecular weight excluding hydrogens is 317 g/mol. The number of para-hydroxylation sites is 2. The van der Waals surface area contributed by atoms with E-state index in [1.165, 1.54) is 11.8 Å². The maximum absolute atomic E-state index is 14.2. The Bertz CT molecular complexity index is 627. The van der Waals surface area contributed by atoms with Gasteiger partial charge in [0.05, 0.1) is 37.7 Å². The second-order valence-electron chi connectivity index (χ2n) is 5.74. The Morgan fingerprint density at radius 3 is 2.83 bits per heavy atom. The largest absolute Gasteiger partial charge is 0.442 e. The van der Waals surface area contributed by atoms with Gasteiger partial charge in [-0.2, -0.15) is 0 Å². The fraction of sp³-hybridized carbons (Fsp3) is 0.500. The molecule has 7 nitrogen and oxygen atoms in total. The summed E-state index contributed by atoms with van der Waals surface area (Å²) in [6.07, 6.45) is -2.18. The molecule has 8 heteroatoms. The fourth-order valence-corrected chi connectivity index (χ4v) is 2.86. The molecule has 2 aliphatic heterocycles. The van der Waals surface area contributed by atoms with Crippen LogP contribution in [0.1, 0.15) is 6.92 Å². The highest BCUT2D eigenvalue weighted by atomic mass is 19.1. The molecule has 3 rings (SSSR count). The summed E-state index contributed by atoms with van der Waals surface area (Å²) in [5.74, 6) is -0.182. The zero-order valence-electron chi connectivity index (χ0n) is 13.4. The third-order valence-electron chi connectivity index (χ3n) is 4.00. The number of alkyl halides is 1. The molecule has 0 bridgehead atoms. The molecule has 0 spiro atoms. The van der Waals surface area contributed by atoms with Crippen molar-refractivity contribution >= 4 is 23.4 Å². The number of rotatable bonds is 4. The number of nitrogens with one attached hydrogen (secondary N) is 1. The lowest BCUT2D eigenvalue weighted by Crippen LogP contribution is -2.43. The van der Waals surface area contributed by atoms with Gasteiger partial charge in [-0.15, -0.1) is 0 Å². The molecule has 0 aliphatic carbocycles. The quantitative estimate of drug-likeness (QED) is 0.838. The maximum Gasteiger partial charge on any atom is 0.414 e. The number of hydrogen-bond acceptors (Lipinski definition) is 5. The average molecular weight is 337 g/mol. The minimum atomic E-state index is -1.26. The summed E-state index contributed by atoms with van der Waals surface area (Å²) >= 11 is 0. The van der Waals surface area contributed by atoms with Crippen molar-refractivity contribution in [1.82, 2.24) is 5.32 Å². The number of anilines is 2. The van der Waals surface area contributed by atoms with Gasteiger partial charge in [0.2, 0.25) is 5.91 Å². The molecule has 0 radical (unpaired) electrons. The normalized spacial score (nSPS) is 24.0. The smallest absolute Gasteiger partial charge is 0.414 e. The number of nitrogens with zero attached hydrogens (tertiary/aromatic N) is 2. The van der Waals surface area contributed by atoms with E-state index in [1.54, 1.807) is 29.2 Å². The van der Waals surface area contributed by atoms with Crippen LogP contribution in [0.4, 0.5) is 20.6 Å². The zero-order valence-corrected chi connectivity index (χ0v) is 13.4. The molecule has 2 heterocycles. The third kappa shape index (κ3) is 3.43. The van der Waals surface area contributed by atoms with Crippen LogP contribution >= 0.6 is 0 Å². The number of halogens is 1. The molecule has 1 unspecified atom stereocenters. The van der Waals surface area contributed by atoms with E-state index in [1.807, 2.05) is 0 Å². The highest BCUT2D eigenvalue weighted by molar-refractivity contribution is 5.94. The van der Waals surface area contributed by atoms with Crippen molar-refractivity contribution in [3.8, 4) is 0 Å². The molecule has 2 atom stereocenters. The van der Waals surface area contributed by atoms with Gasteiger partial charge in [0.15, 0.2) is 6.30 Å². The molecule has 0 aromatic heterocycles. The van der Waals surface area contributed by atoms with E-state index in [4.69, 9.17) is 9.47 Å². The van der Waals surface area contributed by atoms with Crippen LogP contribution in [0.25, 0.3) is 0 Å². The molecule has 1 aromatic carbocycles. The molecule has 2 fully saturated rings. The SMILES string of the molecule is CC(=O)NCC1CN(c2ccccc2N2CCOC[C@@H]2F)C(=O)O1. The first kappa shape index (κ1) is 16.5. The molecule has 2 aliphatic rings. The van der Waals surface area contributed by atoms with Gasteiger partial charge < -0.3 is 19.7 Å². The van der Waals surface area contributed by atoms with Crippen LogP contribution in [-0.4, -0.2) is 57.2 Å². The lowest BCUT2D eigenvalue weighted by molar-refractivity contribution is -0.119. The standard InChI is InChI=1S/C16H20FN3O4/c1-11(21)18-8-12-9-20(16(22)24-12)14-5-3-2-4-13(14)19-6-7-23-10-15(19)17/h2-5,12,15H,6-10H2,1H3,(H,18,21)/t12?,15-/m1/s1. The van der Waals surface area contributed by atoms with Crippen LogP contribution in [0.2, 0.25) is 0 Å². The Morgan fingerprint density at radius 2 is 2.12 bits per heavy atom. The molecule has 1 aromatic rings. The first-order valence-electron chi connectivity index (χ1n) is 7.86. The number of ether oxygens (including phenoxy) is 2. The van der Waals surface area contributed by atoms with Gasteiger partial charge in [-0.3, -0.25) is 9.69 Å². The zero-order chi connectivity index (χ0) is 17.1. The lowest BCUT2D eigenvalue weighted by Gasteiger charge is -2.34. The lowest BCUT2D eigenvalue weighted by atomic mass is 10.2. The van der Waals surface area contributed by atoms with E-state index >= 15 is 0 Å². The number of amides is 2. The number of carbonyl (C=O) groups is 2. The van der Waals surface area contributed by atoms with E-state index in [0.29, 0.717) is 31.1 Å². The minimum absolute atomic E-state index is 0.00391. The van der Waals surface area contributed by atoms with Gasteiger partial charge in [0, 0.05) is 13.5 Å². The molecule has 24 heavy (non-hydrogen) atoms. The summed E-state index contributed by atoms with van der Waals surface area (Å²) < 4.78 is 24.6. The summed E-state index contributed by atoms with van der Waals surface area (Å²) in [7, 11) is 0. The molecule has 2 saturated heterocycles. The van der Waals surface area contributed by atoms with Gasteiger partial charge in [0.25, 0.3) is 0 Å². The minimum Gasteiger partial charge on any atom is -0.442 e. The van der Waals surface area contributed by atoms with Gasteiger partial charge in [-0.25, -0.2) is 9.18 Å². The summed E-state index contributed by atoms with van der Waals surface area (Å²) in [4.78, 5) is 26.3. The summed E-state index contributed by atoms with van der Waals surface area (Å²) in [6.45, 7) is 2.81. The number of hydrogen-bond donors (Lipinski definition) is 1. The number of benzene rings is 1. The molecule has 2 amide bonds. The second-order valence-corrected chi connectivity index (χ2v) is 5.74. The van der Waals surface area contributed by atoms with Gasteiger partial charge in [0.1, 0.15) is 6.10 Å². The summed E-state index contributed by atoms with van der Waals surface area (Å²) in [5.41, 5.74) is 1.22. The van der Waals surface area contributed by atoms with Crippen LogP contribution in [0.5, 0.6) is 0 Å². The summed E-state index contributed by atoms with van der Waals surface area (Å²) in [6, 6.07) is 7.14. The molecule has 1 N–H and O–H groups in total. The molecule has 130 valence electrons. The van der Waals surface area contributed by atoms with Gasteiger partial charge >= 0.3 is 6.09 Å². The Hall–Kier alpha value is -2.35. The second kappa shape index (κ2) is 7.04. The van der Waals surface area contributed by atoms with E-state index in [0.717, 1.165) is 0 Å². The van der Waals surface area contributed by atoms with Crippen molar-refractivity contribution in [1.29, 1.82) is 0 Å². The maximum atomic E-state index is 14.2. The van der Waals surface area contributed by atoms with E-state index in [2.05, 4.69) is 5.32 Å². The van der Waals surface area contributed by atoms with Crippen LogP contribution < -0.4 is 15.1 Å². The molecular formula is C16H20FN3O4. The first-order chi connectivity index (χ1) is 11.6. The van der Waals surface area contributed by atoms with Crippen LogP contribution in [-0.2, 0) is 14.3 Å². The van der Waals surface area contributed by atoms with Gasteiger partial charge in [-0.05, 0) is 12.1 Å². The topological polar surface area (TPSA) is 71.1 Å². The monoisotopic (exact) mass is 337 g/mol. The fourth-order valence-electron chi connectivity index (χ4n) is 2.86. The Kier molecular flexibility index (Phi) is 4.84. The Morgan fingerprint density at radius 1 is 1.38 bits per heavy atom. The van der Waals surface area contributed by atoms with Crippen molar-refractivity contribution in [2.45, 2.75) is 19.3 Å². The van der Waals surface area contributed by atoms with E-state index < -0.39 is 18.5 Å². The highest BCUT2D eigenvalue weighted by Gasteiger charge is 2.35. The Balaban J connectivity index is 1.79. The van der Waals surface area contributed by atoms with E-state index in [9.17, 15) is 14.0 Å². The van der Waals surface area contributed by atoms with Crippen molar-refractivity contribution in [3.63, 3.8) is 0 Å². The Labute approximate surface area is 139 Å². The van der Waals surface area contributed by atoms with Crippen LogP contribution in [0.15, 0.2) is 24.3 Å². The third-order valence-corrected chi connectivity index (χ3v) is 4.00. The molecule has 0 saturated carbocycles.